The van der Waals surface area contributed by atoms with Gasteiger partial charge >= 0.3 is 0 Å². The van der Waals surface area contributed by atoms with Crippen LogP contribution in [0, 0.1) is 6.92 Å². The second-order valence-corrected chi connectivity index (χ2v) is 8.10. The van der Waals surface area contributed by atoms with Gasteiger partial charge in [-0.3, -0.25) is 4.79 Å². The Labute approximate surface area is 191 Å². The lowest BCUT2D eigenvalue weighted by Gasteiger charge is -2.35. The highest BCUT2D eigenvalue weighted by atomic mass is 35.5. The second kappa shape index (κ2) is 9.54. The van der Waals surface area contributed by atoms with E-state index in [1.54, 1.807) is 23.1 Å². The first-order chi connectivity index (χ1) is 15.0. The van der Waals surface area contributed by atoms with Gasteiger partial charge in [0, 0.05) is 42.8 Å². The summed E-state index contributed by atoms with van der Waals surface area (Å²) >= 11 is 12.0. The zero-order chi connectivity index (χ0) is 21.8. The number of nitrogens with zero attached hydrogens (tertiary/aromatic N) is 4. The lowest BCUT2D eigenvalue weighted by Crippen LogP contribution is -2.50. The molecule has 31 heavy (non-hydrogen) atoms. The molecular formula is C23H22Cl2N4O2. The van der Waals surface area contributed by atoms with E-state index in [9.17, 15) is 4.79 Å². The molecule has 1 saturated heterocycles. The monoisotopic (exact) mass is 456 g/mol. The van der Waals surface area contributed by atoms with Gasteiger partial charge < -0.3 is 14.5 Å². The van der Waals surface area contributed by atoms with Gasteiger partial charge in [-0.1, -0.05) is 53.5 Å². The molecule has 1 fully saturated rings. The maximum absolute atomic E-state index is 12.6. The average molecular weight is 457 g/mol. The van der Waals surface area contributed by atoms with Crippen LogP contribution in [-0.4, -0.2) is 53.6 Å². The third-order valence-corrected chi connectivity index (χ3v) is 5.63. The number of ether oxygens (including phenoxy) is 1. The van der Waals surface area contributed by atoms with Crippen molar-refractivity contribution < 1.29 is 9.53 Å². The molecule has 160 valence electrons. The van der Waals surface area contributed by atoms with Gasteiger partial charge in [-0.2, -0.15) is 0 Å². The van der Waals surface area contributed by atoms with Gasteiger partial charge in [0.25, 0.3) is 5.91 Å². The molecule has 1 aliphatic rings. The van der Waals surface area contributed by atoms with Gasteiger partial charge in [0.1, 0.15) is 17.4 Å². The quantitative estimate of drug-likeness (QED) is 0.565. The summed E-state index contributed by atoms with van der Waals surface area (Å²) in [6, 6.07) is 17.0. The van der Waals surface area contributed by atoms with E-state index >= 15 is 0 Å². The van der Waals surface area contributed by atoms with Crippen LogP contribution in [0.4, 0.5) is 5.82 Å². The van der Waals surface area contributed by atoms with E-state index in [2.05, 4.69) is 14.9 Å². The van der Waals surface area contributed by atoms with Gasteiger partial charge in [0.05, 0.1) is 10.7 Å². The van der Waals surface area contributed by atoms with Crippen LogP contribution in [0.1, 0.15) is 5.82 Å². The maximum Gasteiger partial charge on any atom is 0.260 e. The summed E-state index contributed by atoms with van der Waals surface area (Å²) in [5.74, 6) is 1.98. The number of anilines is 1. The van der Waals surface area contributed by atoms with E-state index in [-0.39, 0.29) is 12.5 Å². The third kappa shape index (κ3) is 5.27. The molecule has 0 spiro atoms. The second-order valence-electron chi connectivity index (χ2n) is 7.26. The van der Waals surface area contributed by atoms with Crippen LogP contribution in [0.25, 0.3) is 11.3 Å². The Balaban J connectivity index is 1.36. The van der Waals surface area contributed by atoms with Gasteiger partial charge in [-0.05, 0) is 25.1 Å². The number of benzene rings is 2. The SMILES string of the molecule is Cc1nc(-c2ccccc2)cc(N2CCN(C(=O)COc3ccc(Cl)cc3Cl)CC2)n1. The molecular weight excluding hydrogens is 435 g/mol. The van der Waals surface area contributed by atoms with Crippen LogP contribution in [0.5, 0.6) is 5.75 Å². The molecule has 3 aromatic rings. The first-order valence-electron chi connectivity index (χ1n) is 10.0. The first-order valence-corrected chi connectivity index (χ1v) is 10.8. The molecule has 1 aliphatic heterocycles. The predicted octanol–water partition coefficient (Wildman–Crippen LogP) is 4.49. The van der Waals surface area contributed by atoms with Crippen LogP contribution < -0.4 is 9.64 Å². The Hall–Kier alpha value is -2.83. The molecule has 0 saturated carbocycles. The summed E-state index contributed by atoms with van der Waals surface area (Å²) in [4.78, 5) is 25.7. The highest BCUT2D eigenvalue weighted by Gasteiger charge is 2.23. The minimum atomic E-state index is -0.0745. The molecule has 2 aromatic carbocycles. The normalized spacial score (nSPS) is 13.9. The highest BCUT2D eigenvalue weighted by molar-refractivity contribution is 6.35. The van der Waals surface area contributed by atoms with Crippen molar-refractivity contribution in [3.05, 3.63) is 70.5 Å². The number of rotatable bonds is 5. The fourth-order valence-corrected chi connectivity index (χ4v) is 3.94. The van der Waals surface area contributed by atoms with Crippen LogP contribution in [0.15, 0.2) is 54.6 Å². The van der Waals surface area contributed by atoms with Crippen LogP contribution in [-0.2, 0) is 4.79 Å². The predicted molar refractivity (Wildman–Crippen MR) is 123 cm³/mol. The molecule has 1 amide bonds. The summed E-state index contributed by atoms with van der Waals surface area (Å²) in [6.07, 6.45) is 0. The minimum Gasteiger partial charge on any atom is -0.482 e. The maximum atomic E-state index is 12.6. The van der Waals surface area contributed by atoms with Crippen molar-refractivity contribution in [2.75, 3.05) is 37.7 Å². The number of amides is 1. The van der Waals surface area contributed by atoms with Gasteiger partial charge in [-0.15, -0.1) is 0 Å². The number of aromatic nitrogens is 2. The molecule has 2 heterocycles. The Bertz CT molecular complexity index is 1070. The van der Waals surface area contributed by atoms with Crippen molar-refractivity contribution in [2.24, 2.45) is 0 Å². The van der Waals surface area contributed by atoms with Crippen molar-refractivity contribution >= 4 is 34.9 Å². The number of halogens is 2. The summed E-state index contributed by atoms with van der Waals surface area (Å²) < 4.78 is 5.58. The van der Waals surface area contributed by atoms with Crippen molar-refractivity contribution in [2.45, 2.75) is 6.92 Å². The third-order valence-electron chi connectivity index (χ3n) is 5.10. The lowest BCUT2D eigenvalue weighted by molar-refractivity contribution is -0.133. The highest BCUT2D eigenvalue weighted by Crippen LogP contribution is 2.27. The Morgan fingerprint density at radius 1 is 1.00 bits per heavy atom. The Morgan fingerprint density at radius 3 is 2.45 bits per heavy atom. The molecule has 8 heteroatoms. The molecule has 0 atom stereocenters. The lowest BCUT2D eigenvalue weighted by atomic mass is 10.1. The van der Waals surface area contributed by atoms with Gasteiger partial charge in [0.15, 0.2) is 6.61 Å². The molecule has 0 bridgehead atoms. The number of carbonyl (C=O) groups excluding carboxylic acids is 1. The standard InChI is InChI=1S/C23H22Cl2N4O2/c1-16-26-20(17-5-3-2-4-6-17)14-22(27-16)28-9-11-29(12-10-28)23(30)15-31-21-8-7-18(24)13-19(21)25/h2-8,13-14H,9-12,15H2,1H3. The topological polar surface area (TPSA) is 58.6 Å². The Kier molecular flexibility index (Phi) is 6.59. The van der Waals surface area contributed by atoms with E-state index < -0.39 is 0 Å². The number of piperazine rings is 1. The Morgan fingerprint density at radius 2 is 1.74 bits per heavy atom. The van der Waals surface area contributed by atoms with Crippen molar-refractivity contribution in [1.82, 2.24) is 14.9 Å². The first kappa shape index (κ1) is 21.4. The summed E-state index contributed by atoms with van der Waals surface area (Å²) in [5, 5.41) is 0.911. The van der Waals surface area contributed by atoms with Gasteiger partial charge in [0.2, 0.25) is 0 Å². The average Bonchev–Trinajstić information content (AvgIpc) is 2.78. The summed E-state index contributed by atoms with van der Waals surface area (Å²) in [7, 11) is 0. The molecule has 1 aromatic heterocycles. The zero-order valence-corrected chi connectivity index (χ0v) is 18.6. The van der Waals surface area contributed by atoms with Crippen LogP contribution >= 0.6 is 23.2 Å². The van der Waals surface area contributed by atoms with Gasteiger partial charge in [-0.25, -0.2) is 9.97 Å². The smallest absolute Gasteiger partial charge is 0.260 e. The van der Waals surface area contributed by atoms with E-state index in [0.29, 0.717) is 42.0 Å². The van der Waals surface area contributed by atoms with Crippen molar-refractivity contribution in [3.63, 3.8) is 0 Å². The molecule has 0 aliphatic carbocycles. The number of hydrogen-bond donors (Lipinski definition) is 0. The molecule has 0 unspecified atom stereocenters. The van der Waals surface area contributed by atoms with E-state index in [1.165, 1.54) is 0 Å². The number of carbonyl (C=O) groups is 1. The fraction of sp³-hybridized carbons (Fsp3) is 0.261. The molecule has 6 nitrogen and oxygen atoms in total. The van der Waals surface area contributed by atoms with E-state index in [4.69, 9.17) is 27.9 Å². The van der Waals surface area contributed by atoms with Crippen molar-refractivity contribution in [1.29, 1.82) is 0 Å². The molecule has 0 N–H and O–H groups in total. The summed E-state index contributed by atoms with van der Waals surface area (Å²) in [5.41, 5.74) is 1.95. The van der Waals surface area contributed by atoms with E-state index in [1.807, 2.05) is 43.3 Å². The van der Waals surface area contributed by atoms with Crippen molar-refractivity contribution in [3.8, 4) is 17.0 Å². The minimum absolute atomic E-state index is 0.0634. The summed E-state index contributed by atoms with van der Waals surface area (Å²) in [6.45, 7) is 4.41. The molecule has 4 rings (SSSR count). The zero-order valence-electron chi connectivity index (χ0n) is 17.1. The largest absolute Gasteiger partial charge is 0.482 e. The van der Waals surface area contributed by atoms with E-state index in [0.717, 1.165) is 22.9 Å². The fourth-order valence-electron chi connectivity index (χ4n) is 3.48. The van der Waals surface area contributed by atoms with Crippen LogP contribution in [0.3, 0.4) is 0 Å². The molecule has 0 radical (unpaired) electrons. The van der Waals surface area contributed by atoms with Crippen LogP contribution in [0.2, 0.25) is 10.0 Å². The number of hydrogen-bond acceptors (Lipinski definition) is 5. The number of aryl methyl sites for hydroxylation is 1.